The van der Waals surface area contributed by atoms with E-state index in [1.54, 1.807) is 7.05 Å². The van der Waals surface area contributed by atoms with Gasteiger partial charge in [0.2, 0.25) is 5.91 Å². The van der Waals surface area contributed by atoms with Gasteiger partial charge in [-0.3, -0.25) is 9.79 Å². The van der Waals surface area contributed by atoms with Gasteiger partial charge < -0.3 is 16.0 Å². The van der Waals surface area contributed by atoms with Gasteiger partial charge in [-0.05, 0) is 42.9 Å². The molecule has 1 fully saturated rings. The zero-order chi connectivity index (χ0) is 16.5. The lowest BCUT2D eigenvalue weighted by atomic mass is 10.2. The van der Waals surface area contributed by atoms with Crippen molar-refractivity contribution in [3.8, 4) is 0 Å². The summed E-state index contributed by atoms with van der Waals surface area (Å²) in [5.74, 6) is 2.00. The number of rotatable bonds is 6. The van der Waals surface area contributed by atoms with E-state index in [4.69, 9.17) is 0 Å². The molecular weight excluding hydrogens is 376 g/mol. The Hall–Kier alpha value is -1.21. The molecule has 1 unspecified atom stereocenters. The molecule has 0 bridgehead atoms. The van der Waals surface area contributed by atoms with Crippen LogP contribution < -0.4 is 16.0 Å². The normalized spacial score (nSPS) is 17.8. The molecule has 7 heteroatoms. The number of nitrogens with zero attached hydrogens (tertiary/aromatic N) is 1. The van der Waals surface area contributed by atoms with Crippen molar-refractivity contribution in [2.24, 2.45) is 4.99 Å². The fraction of sp³-hybridized carbons (Fsp3) is 0.500. The summed E-state index contributed by atoms with van der Waals surface area (Å²) in [6.07, 6.45) is 2.97. The Morgan fingerprint density at radius 2 is 2.13 bits per heavy atom. The van der Waals surface area contributed by atoms with E-state index in [9.17, 15) is 4.79 Å². The van der Waals surface area contributed by atoms with Crippen molar-refractivity contribution >= 4 is 45.2 Å². The summed E-state index contributed by atoms with van der Waals surface area (Å²) in [4.78, 5) is 16.1. The lowest BCUT2D eigenvalue weighted by molar-refractivity contribution is -0.116. The minimum absolute atomic E-state index is 0.0124. The molecule has 1 heterocycles. The highest BCUT2D eigenvalue weighted by atomic mass is 79.9. The SMILES string of the molecule is CN=C(NCCC(=O)Nc1ccc(Br)cc1)NCC1CCCS1. The maximum Gasteiger partial charge on any atom is 0.226 e. The molecule has 23 heavy (non-hydrogen) atoms. The Bertz CT molecular complexity index is 529. The number of amides is 1. The molecule has 1 atom stereocenters. The molecule has 0 spiro atoms. The summed E-state index contributed by atoms with van der Waals surface area (Å²) in [5, 5.41) is 10.1. The molecule has 1 aliphatic heterocycles. The van der Waals surface area contributed by atoms with E-state index in [0.29, 0.717) is 18.2 Å². The van der Waals surface area contributed by atoms with Crippen LogP contribution >= 0.6 is 27.7 Å². The fourth-order valence-corrected chi connectivity index (χ4v) is 3.75. The van der Waals surface area contributed by atoms with Gasteiger partial charge in [0.25, 0.3) is 0 Å². The highest BCUT2D eigenvalue weighted by Gasteiger charge is 2.15. The van der Waals surface area contributed by atoms with Crippen LogP contribution in [0.5, 0.6) is 0 Å². The van der Waals surface area contributed by atoms with E-state index >= 15 is 0 Å². The molecule has 0 saturated carbocycles. The lowest BCUT2D eigenvalue weighted by Crippen LogP contribution is -2.41. The Morgan fingerprint density at radius 1 is 1.35 bits per heavy atom. The molecule has 5 nitrogen and oxygen atoms in total. The zero-order valence-electron chi connectivity index (χ0n) is 13.3. The molecule has 0 aromatic heterocycles. The van der Waals surface area contributed by atoms with E-state index in [-0.39, 0.29) is 5.91 Å². The maximum absolute atomic E-state index is 11.9. The molecule has 2 rings (SSSR count). The third-order valence-corrected chi connectivity index (χ3v) is 5.44. The van der Waals surface area contributed by atoms with Crippen molar-refractivity contribution in [2.45, 2.75) is 24.5 Å². The highest BCUT2D eigenvalue weighted by molar-refractivity contribution is 9.10. The zero-order valence-corrected chi connectivity index (χ0v) is 15.7. The molecular formula is C16H23BrN4OS. The number of aliphatic imine (C=N–C) groups is 1. The Labute approximate surface area is 150 Å². The van der Waals surface area contributed by atoms with Crippen molar-refractivity contribution < 1.29 is 4.79 Å². The molecule has 1 saturated heterocycles. The van der Waals surface area contributed by atoms with E-state index in [1.165, 1.54) is 18.6 Å². The first-order valence-corrected chi connectivity index (χ1v) is 9.63. The molecule has 1 aromatic rings. The first-order valence-electron chi connectivity index (χ1n) is 7.79. The van der Waals surface area contributed by atoms with Crippen LogP contribution in [0.25, 0.3) is 0 Å². The first kappa shape index (κ1) is 18.1. The van der Waals surface area contributed by atoms with Crippen LogP contribution in [0.2, 0.25) is 0 Å². The minimum Gasteiger partial charge on any atom is -0.356 e. The average Bonchev–Trinajstić information content (AvgIpc) is 3.06. The lowest BCUT2D eigenvalue weighted by Gasteiger charge is -2.14. The van der Waals surface area contributed by atoms with Crippen LogP contribution in [0.3, 0.4) is 0 Å². The summed E-state index contributed by atoms with van der Waals surface area (Å²) in [6, 6.07) is 7.55. The number of carbonyl (C=O) groups excluding carboxylic acids is 1. The summed E-state index contributed by atoms with van der Waals surface area (Å²) in [5.41, 5.74) is 0.805. The Kier molecular flexibility index (Phi) is 7.74. The third kappa shape index (κ3) is 6.83. The van der Waals surface area contributed by atoms with Crippen LogP contribution in [0.1, 0.15) is 19.3 Å². The molecule has 1 aliphatic rings. The predicted molar refractivity (Wildman–Crippen MR) is 102 cm³/mol. The van der Waals surface area contributed by atoms with Gasteiger partial charge in [-0.1, -0.05) is 15.9 Å². The van der Waals surface area contributed by atoms with Gasteiger partial charge >= 0.3 is 0 Å². The van der Waals surface area contributed by atoms with Crippen molar-refractivity contribution in [1.29, 1.82) is 0 Å². The number of halogens is 1. The molecule has 1 aromatic carbocycles. The molecule has 3 N–H and O–H groups in total. The standard InChI is InChI=1S/C16H23BrN4OS/c1-18-16(20-11-14-3-2-10-23-14)19-9-8-15(22)21-13-6-4-12(17)5-7-13/h4-7,14H,2-3,8-11H2,1H3,(H,21,22)(H2,18,19,20). The topological polar surface area (TPSA) is 65.5 Å². The van der Waals surface area contributed by atoms with Gasteiger partial charge in [0.15, 0.2) is 5.96 Å². The number of guanidine groups is 1. The fourth-order valence-electron chi connectivity index (χ4n) is 2.29. The van der Waals surface area contributed by atoms with Crippen molar-refractivity contribution in [2.75, 3.05) is 31.2 Å². The maximum atomic E-state index is 11.9. The largest absolute Gasteiger partial charge is 0.356 e. The number of thioether (sulfide) groups is 1. The van der Waals surface area contributed by atoms with Crippen LogP contribution in [0.4, 0.5) is 5.69 Å². The molecule has 0 aliphatic carbocycles. The Balaban J connectivity index is 1.64. The number of nitrogens with one attached hydrogen (secondary N) is 3. The summed E-state index contributed by atoms with van der Waals surface area (Å²) < 4.78 is 0.993. The number of anilines is 1. The number of hydrogen-bond donors (Lipinski definition) is 3. The summed E-state index contributed by atoms with van der Waals surface area (Å²) in [6.45, 7) is 1.48. The van der Waals surface area contributed by atoms with Gasteiger partial charge in [0, 0.05) is 42.0 Å². The van der Waals surface area contributed by atoms with Gasteiger partial charge in [0.1, 0.15) is 0 Å². The smallest absolute Gasteiger partial charge is 0.226 e. The van der Waals surface area contributed by atoms with Crippen LogP contribution in [-0.2, 0) is 4.79 Å². The molecule has 1 amide bonds. The van der Waals surface area contributed by atoms with Crippen LogP contribution in [0, 0.1) is 0 Å². The second-order valence-electron chi connectivity index (χ2n) is 5.32. The minimum atomic E-state index is -0.0124. The number of carbonyl (C=O) groups is 1. The molecule has 0 radical (unpaired) electrons. The first-order chi connectivity index (χ1) is 11.2. The van der Waals surface area contributed by atoms with Crippen molar-refractivity contribution in [3.63, 3.8) is 0 Å². The van der Waals surface area contributed by atoms with Crippen LogP contribution in [-0.4, -0.2) is 43.0 Å². The molecule has 126 valence electrons. The summed E-state index contributed by atoms with van der Waals surface area (Å²) in [7, 11) is 1.75. The number of benzene rings is 1. The highest BCUT2D eigenvalue weighted by Crippen LogP contribution is 2.25. The van der Waals surface area contributed by atoms with Gasteiger partial charge in [-0.15, -0.1) is 0 Å². The second kappa shape index (κ2) is 9.82. The number of hydrogen-bond acceptors (Lipinski definition) is 3. The van der Waals surface area contributed by atoms with E-state index in [0.717, 1.165) is 22.7 Å². The monoisotopic (exact) mass is 398 g/mol. The van der Waals surface area contributed by atoms with E-state index in [1.807, 2.05) is 36.0 Å². The average molecular weight is 399 g/mol. The second-order valence-corrected chi connectivity index (χ2v) is 7.64. The van der Waals surface area contributed by atoms with Crippen molar-refractivity contribution in [3.05, 3.63) is 28.7 Å². The predicted octanol–water partition coefficient (Wildman–Crippen LogP) is 2.84. The summed E-state index contributed by atoms with van der Waals surface area (Å²) >= 11 is 5.39. The van der Waals surface area contributed by atoms with Crippen LogP contribution in [0.15, 0.2) is 33.7 Å². The third-order valence-electron chi connectivity index (χ3n) is 3.52. The Morgan fingerprint density at radius 3 is 2.78 bits per heavy atom. The van der Waals surface area contributed by atoms with E-state index < -0.39 is 0 Å². The van der Waals surface area contributed by atoms with E-state index in [2.05, 4.69) is 36.9 Å². The van der Waals surface area contributed by atoms with Crippen molar-refractivity contribution in [1.82, 2.24) is 10.6 Å². The van der Waals surface area contributed by atoms with Gasteiger partial charge in [-0.25, -0.2) is 0 Å². The van der Waals surface area contributed by atoms with Gasteiger partial charge in [0.05, 0.1) is 0 Å². The van der Waals surface area contributed by atoms with Gasteiger partial charge in [-0.2, -0.15) is 11.8 Å². The quantitative estimate of drug-likeness (QED) is 0.509.